The lowest BCUT2D eigenvalue weighted by atomic mass is 9.95. The number of nitrogens with two attached hydrogens (primary N) is 1. The summed E-state index contributed by atoms with van der Waals surface area (Å²) in [6.45, 7) is 3.84. The number of aromatic nitrogens is 1. The Labute approximate surface area is 112 Å². The van der Waals surface area contributed by atoms with Crippen LogP contribution in [-0.4, -0.2) is 12.1 Å². The summed E-state index contributed by atoms with van der Waals surface area (Å²) in [6, 6.07) is 9.70. The van der Waals surface area contributed by atoms with E-state index in [9.17, 15) is 5.26 Å². The number of anilines is 1. The summed E-state index contributed by atoms with van der Waals surface area (Å²) in [4.78, 5) is 4.19. The summed E-state index contributed by atoms with van der Waals surface area (Å²) in [5.41, 5.74) is 9.84. The van der Waals surface area contributed by atoms with Gasteiger partial charge in [0.25, 0.3) is 0 Å². The zero-order valence-electron chi connectivity index (χ0n) is 11.2. The Hall–Kier alpha value is -2.54. The van der Waals surface area contributed by atoms with Crippen LogP contribution in [0.15, 0.2) is 24.3 Å². The first-order valence-electron chi connectivity index (χ1n) is 5.89. The first-order chi connectivity index (χ1) is 9.08. The molecule has 0 bridgehead atoms. The molecule has 0 saturated heterocycles. The van der Waals surface area contributed by atoms with Crippen molar-refractivity contribution in [1.29, 1.82) is 5.26 Å². The molecule has 2 aromatic rings. The van der Waals surface area contributed by atoms with Crippen molar-refractivity contribution in [2.24, 2.45) is 0 Å². The van der Waals surface area contributed by atoms with E-state index in [1.807, 2.05) is 38.1 Å². The number of nitrogen functional groups attached to an aromatic ring is 1. The zero-order chi connectivity index (χ0) is 14.0. The number of hydrogen-bond donors (Lipinski definition) is 1. The molecule has 4 heteroatoms. The summed E-state index contributed by atoms with van der Waals surface area (Å²) < 4.78 is 5.14. The lowest BCUT2D eigenvalue weighted by Gasteiger charge is -2.13. The molecule has 1 aromatic carbocycles. The fourth-order valence-electron chi connectivity index (χ4n) is 2.05. The summed E-state index contributed by atoms with van der Waals surface area (Å²) in [7, 11) is 1.62. The molecule has 0 atom stereocenters. The molecule has 1 heterocycles. The van der Waals surface area contributed by atoms with Gasteiger partial charge in [-0.05, 0) is 37.1 Å². The number of rotatable bonds is 2. The van der Waals surface area contributed by atoms with Crippen molar-refractivity contribution in [3.8, 4) is 22.9 Å². The topological polar surface area (TPSA) is 71.9 Å². The molecule has 0 aliphatic rings. The van der Waals surface area contributed by atoms with Gasteiger partial charge in [-0.3, -0.25) is 0 Å². The van der Waals surface area contributed by atoms with Gasteiger partial charge >= 0.3 is 0 Å². The predicted molar refractivity (Wildman–Crippen MR) is 74.8 cm³/mol. The van der Waals surface area contributed by atoms with Crippen LogP contribution in [-0.2, 0) is 0 Å². The van der Waals surface area contributed by atoms with Gasteiger partial charge in [0.05, 0.1) is 7.11 Å². The molecule has 0 aliphatic carbocycles. The predicted octanol–water partition coefficient (Wildman–Crippen LogP) is 2.83. The van der Waals surface area contributed by atoms with E-state index in [0.29, 0.717) is 5.56 Å². The Morgan fingerprint density at radius 3 is 2.37 bits per heavy atom. The van der Waals surface area contributed by atoms with Crippen LogP contribution in [0.2, 0.25) is 0 Å². The van der Waals surface area contributed by atoms with E-state index in [1.165, 1.54) is 0 Å². The summed E-state index contributed by atoms with van der Waals surface area (Å²) in [6.07, 6.45) is 0. The maximum absolute atomic E-state index is 9.28. The van der Waals surface area contributed by atoms with Gasteiger partial charge in [0.15, 0.2) is 0 Å². The van der Waals surface area contributed by atoms with Gasteiger partial charge < -0.3 is 10.5 Å². The number of pyridine rings is 1. The third-order valence-corrected chi connectivity index (χ3v) is 3.20. The molecule has 0 unspecified atom stereocenters. The lowest BCUT2D eigenvalue weighted by molar-refractivity contribution is 0.415. The second kappa shape index (κ2) is 4.99. The van der Waals surface area contributed by atoms with E-state index in [2.05, 4.69) is 11.1 Å². The van der Waals surface area contributed by atoms with Gasteiger partial charge in [0, 0.05) is 11.3 Å². The number of methoxy groups -OCH3 is 1. The Morgan fingerprint density at radius 2 is 1.84 bits per heavy atom. The highest BCUT2D eigenvalue weighted by Crippen LogP contribution is 2.32. The molecule has 2 N–H and O–H groups in total. The fourth-order valence-corrected chi connectivity index (χ4v) is 2.05. The number of aryl methyl sites for hydroxylation is 1. The van der Waals surface area contributed by atoms with Crippen molar-refractivity contribution in [3.63, 3.8) is 0 Å². The quantitative estimate of drug-likeness (QED) is 0.893. The van der Waals surface area contributed by atoms with E-state index in [0.717, 1.165) is 28.1 Å². The normalized spacial score (nSPS) is 10.0. The van der Waals surface area contributed by atoms with Crippen molar-refractivity contribution < 1.29 is 4.74 Å². The van der Waals surface area contributed by atoms with Crippen LogP contribution in [0.25, 0.3) is 11.1 Å². The number of nitriles is 1. The fraction of sp³-hybridized carbons (Fsp3) is 0.200. The minimum Gasteiger partial charge on any atom is -0.497 e. The van der Waals surface area contributed by atoms with Gasteiger partial charge in [0.1, 0.15) is 23.2 Å². The van der Waals surface area contributed by atoms with Gasteiger partial charge in [0.2, 0.25) is 0 Å². The monoisotopic (exact) mass is 253 g/mol. The van der Waals surface area contributed by atoms with Gasteiger partial charge in [-0.15, -0.1) is 0 Å². The second-order valence-corrected chi connectivity index (χ2v) is 4.30. The molecule has 0 spiro atoms. The van der Waals surface area contributed by atoms with Crippen LogP contribution in [0.1, 0.15) is 16.8 Å². The summed E-state index contributed by atoms with van der Waals surface area (Å²) in [5, 5.41) is 9.28. The molecule has 0 amide bonds. The highest BCUT2D eigenvalue weighted by atomic mass is 16.5. The van der Waals surface area contributed by atoms with Crippen LogP contribution in [0, 0.1) is 25.2 Å². The molecular weight excluding hydrogens is 238 g/mol. The van der Waals surface area contributed by atoms with Crippen LogP contribution in [0.4, 0.5) is 5.82 Å². The minimum atomic E-state index is 0.274. The van der Waals surface area contributed by atoms with E-state index in [-0.39, 0.29) is 5.82 Å². The minimum absolute atomic E-state index is 0.274. The van der Waals surface area contributed by atoms with Gasteiger partial charge in [-0.25, -0.2) is 4.98 Å². The van der Waals surface area contributed by atoms with Crippen molar-refractivity contribution in [2.75, 3.05) is 12.8 Å². The third kappa shape index (κ3) is 2.23. The van der Waals surface area contributed by atoms with Crippen molar-refractivity contribution in [2.45, 2.75) is 13.8 Å². The average molecular weight is 253 g/mol. The molecule has 1 aromatic heterocycles. The first kappa shape index (κ1) is 12.9. The molecule has 0 fully saturated rings. The van der Waals surface area contributed by atoms with Crippen LogP contribution < -0.4 is 10.5 Å². The molecule has 0 aliphatic heterocycles. The van der Waals surface area contributed by atoms with Crippen LogP contribution in [0.3, 0.4) is 0 Å². The molecule has 2 rings (SSSR count). The van der Waals surface area contributed by atoms with E-state index in [4.69, 9.17) is 10.5 Å². The third-order valence-electron chi connectivity index (χ3n) is 3.20. The Balaban J connectivity index is 2.70. The first-order valence-corrected chi connectivity index (χ1v) is 5.89. The molecule has 4 nitrogen and oxygen atoms in total. The standard InChI is InChI=1S/C15H15N3O/c1-9-10(2)18-15(17)13(8-16)14(9)11-4-6-12(19-3)7-5-11/h4-7H,1-3H3,(H2,17,18). The smallest absolute Gasteiger partial charge is 0.142 e. The highest BCUT2D eigenvalue weighted by Gasteiger charge is 2.15. The SMILES string of the molecule is COc1ccc(-c2c(C)c(C)nc(N)c2C#N)cc1. The van der Waals surface area contributed by atoms with Gasteiger partial charge in [-0.2, -0.15) is 5.26 Å². The molecule has 96 valence electrons. The van der Waals surface area contributed by atoms with E-state index in [1.54, 1.807) is 7.11 Å². The van der Waals surface area contributed by atoms with Crippen molar-refractivity contribution in [1.82, 2.24) is 4.98 Å². The second-order valence-electron chi connectivity index (χ2n) is 4.30. The maximum Gasteiger partial charge on any atom is 0.142 e. The number of hydrogen-bond acceptors (Lipinski definition) is 4. The zero-order valence-corrected chi connectivity index (χ0v) is 11.2. The highest BCUT2D eigenvalue weighted by molar-refractivity contribution is 5.79. The van der Waals surface area contributed by atoms with E-state index >= 15 is 0 Å². The molecule has 0 saturated carbocycles. The summed E-state index contributed by atoms with van der Waals surface area (Å²) in [5.74, 6) is 1.05. The van der Waals surface area contributed by atoms with Crippen LogP contribution >= 0.6 is 0 Å². The molecular formula is C15H15N3O. The molecule has 0 radical (unpaired) electrons. The maximum atomic E-state index is 9.28. The Morgan fingerprint density at radius 1 is 1.21 bits per heavy atom. The number of ether oxygens (including phenoxy) is 1. The van der Waals surface area contributed by atoms with Crippen molar-refractivity contribution in [3.05, 3.63) is 41.1 Å². The Bertz CT molecular complexity index is 655. The lowest BCUT2D eigenvalue weighted by Crippen LogP contribution is -2.02. The summed E-state index contributed by atoms with van der Waals surface area (Å²) >= 11 is 0. The largest absolute Gasteiger partial charge is 0.497 e. The van der Waals surface area contributed by atoms with Gasteiger partial charge in [-0.1, -0.05) is 12.1 Å². The average Bonchev–Trinajstić information content (AvgIpc) is 2.42. The van der Waals surface area contributed by atoms with E-state index < -0.39 is 0 Å². The molecule has 19 heavy (non-hydrogen) atoms. The van der Waals surface area contributed by atoms with Crippen molar-refractivity contribution >= 4 is 5.82 Å². The number of nitrogens with zero attached hydrogens (tertiary/aromatic N) is 2. The Kier molecular flexibility index (Phi) is 3.39. The van der Waals surface area contributed by atoms with Crippen LogP contribution in [0.5, 0.6) is 5.75 Å². The number of benzene rings is 1.